The second-order valence-electron chi connectivity index (χ2n) is 6.95. The lowest BCUT2D eigenvalue weighted by Crippen LogP contribution is -2.19. The molecule has 154 valence electrons. The maximum atomic E-state index is 12.8. The highest BCUT2D eigenvalue weighted by Gasteiger charge is 2.15. The van der Waals surface area contributed by atoms with E-state index < -0.39 is 0 Å². The fourth-order valence-corrected chi connectivity index (χ4v) is 3.86. The molecule has 0 aliphatic rings. The van der Waals surface area contributed by atoms with E-state index in [1.165, 1.54) is 11.3 Å². The Bertz CT molecular complexity index is 1220. The molecule has 0 saturated carbocycles. The number of nitrogens with one attached hydrogen (secondary N) is 2. The van der Waals surface area contributed by atoms with E-state index in [1.807, 2.05) is 54.8 Å². The van der Waals surface area contributed by atoms with E-state index in [4.69, 9.17) is 0 Å². The Morgan fingerprint density at radius 3 is 2.61 bits per heavy atom. The van der Waals surface area contributed by atoms with Crippen molar-refractivity contribution in [2.75, 3.05) is 10.6 Å². The molecule has 0 aliphatic heterocycles. The van der Waals surface area contributed by atoms with Crippen LogP contribution in [-0.2, 0) is 11.2 Å². The molecule has 4 rings (SSSR count). The summed E-state index contributed by atoms with van der Waals surface area (Å²) in [5.41, 5.74) is 4.04. The molecular formula is C24H20N4O2S. The Hall–Kier alpha value is -3.84. The molecule has 0 atom stereocenters. The van der Waals surface area contributed by atoms with Crippen LogP contribution in [0.5, 0.6) is 0 Å². The van der Waals surface area contributed by atoms with Crippen LogP contribution in [0.25, 0.3) is 10.7 Å². The monoisotopic (exact) mass is 428 g/mol. The van der Waals surface area contributed by atoms with Gasteiger partial charge in [0.15, 0.2) is 0 Å². The Balaban J connectivity index is 1.44. The molecule has 0 aliphatic carbocycles. The van der Waals surface area contributed by atoms with Crippen LogP contribution >= 0.6 is 11.3 Å². The maximum Gasteiger partial charge on any atom is 0.257 e. The summed E-state index contributed by atoms with van der Waals surface area (Å²) in [5, 5.41) is 8.32. The number of hydrogen-bond acceptors (Lipinski definition) is 5. The van der Waals surface area contributed by atoms with E-state index in [9.17, 15) is 9.59 Å². The molecule has 2 heterocycles. The first-order chi connectivity index (χ1) is 15.1. The van der Waals surface area contributed by atoms with Crippen molar-refractivity contribution in [2.24, 2.45) is 0 Å². The van der Waals surface area contributed by atoms with Gasteiger partial charge in [0.25, 0.3) is 5.91 Å². The molecule has 2 amide bonds. The van der Waals surface area contributed by atoms with Crippen LogP contribution in [-0.4, -0.2) is 21.8 Å². The van der Waals surface area contributed by atoms with Gasteiger partial charge in [-0.1, -0.05) is 30.3 Å². The van der Waals surface area contributed by atoms with Crippen molar-refractivity contribution >= 4 is 34.5 Å². The van der Waals surface area contributed by atoms with E-state index in [0.717, 1.165) is 16.3 Å². The third-order valence-electron chi connectivity index (χ3n) is 4.50. The molecule has 0 bridgehead atoms. The summed E-state index contributed by atoms with van der Waals surface area (Å²) in [7, 11) is 0. The van der Waals surface area contributed by atoms with Crippen LogP contribution in [0, 0.1) is 6.92 Å². The summed E-state index contributed by atoms with van der Waals surface area (Å²) in [6.07, 6.45) is 1.82. The van der Waals surface area contributed by atoms with Gasteiger partial charge in [0.2, 0.25) is 5.91 Å². The van der Waals surface area contributed by atoms with Crippen LogP contribution < -0.4 is 10.6 Å². The van der Waals surface area contributed by atoms with Crippen molar-refractivity contribution in [3.8, 4) is 10.7 Å². The molecule has 2 aromatic heterocycles. The Kier molecular flexibility index (Phi) is 6.14. The minimum absolute atomic E-state index is 0.108. The smallest absolute Gasteiger partial charge is 0.257 e. The van der Waals surface area contributed by atoms with Crippen molar-refractivity contribution < 1.29 is 9.59 Å². The second kappa shape index (κ2) is 9.32. The number of carbonyl (C=O) groups is 2. The number of rotatable bonds is 6. The fraction of sp³-hybridized carbons (Fsp3) is 0.0833. The predicted octanol–water partition coefficient (Wildman–Crippen LogP) is 4.95. The standard InChI is InChI=1S/C24H20N4O2S/c1-16-7-6-8-17(13-16)26-23(30)19-9-2-3-10-20(19)28-22(29)14-18-15-31-24(27-18)21-11-4-5-12-25-21/h2-13,15H,14H2,1H3,(H,26,30)(H,28,29). The van der Waals surface area contributed by atoms with Crippen LogP contribution in [0.4, 0.5) is 11.4 Å². The summed E-state index contributed by atoms with van der Waals surface area (Å²) in [5.74, 6) is -0.527. The number of para-hydroxylation sites is 1. The normalized spacial score (nSPS) is 10.5. The van der Waals surface area contributed by atoms with E-state index in [-0.39, 0.29) is 18.2 Å². The van der Waals surface area contributed by atoms with E-state index in [1.54, 1.807) is 30.5 Å². The SMILES string of the molecule is Cc1cccc(NC(=O)c2ccccc2NC(=O)Cc2csc(-c3ccccn3)n2)c1. The average molecular weight is 429 g/mol. The number of anilines is 2. The van der Waals surface area contributed by atoms with E-state index >= 15 is 0 Å². The number of benzene rings is 2. The fourth-order valence-electron chi connectivity index (χ4n) is 3.07. The van der Waals surface area contributed by atoms with Gasteiger partial charge in [-0.25, -0.2) is 4.98 Å². The van der Waals surface area contributed by atoms with Crippen LogP contribution in [0.3, 0.4) is 0 Å². The van der Waals surface area contributed by atoms with Gasteiger partial charge < -0.3 is 10.6 Å². The zero-order valence-corrected chi connectivity index (χ0v) is 17.6. The lowest BCUT2D eigenvalue weighted by atomic mass is 10.1. The maximum absolute atomic E-state index is 12.8. The van der Waals surface area contributed by atoms with Crippen LogP contribution in [0.2, 0.25) is 0 Å². The molecule has 0 saturated heterocycles. The van der Waals surface area contributed by atoms with Gasteiger partial charge in [0, 0.05) is 17.3 Å². The summed E-state index contributed by atoms with van der Waals surface area (Å²) in [6, 6.07) is 20.1. The number of hydrogen-bond donors (Lipinski definition) is 2. The highest BCUT2D eigenvalue weighted by Crippen LogP contribution is 2.22. The molecule has 0 unspecified atom stereocenters. The number of carbonyl (C=O) groups excluding carboxylic acids is 2. The van der Waals surface area contributed by atoms with Crippen molar-refractivity contribution in [3.63, 3.8) is 0 Å². The molecule has 0 spiro atoms. The first-order valence-corrected chi connectivity index (χ1v) is 10.6. The van der Waals surface area contributed by atoms with Gasteiger partial charge in [-0.15, -0.1) is 11.3 Å². The van der Waals surface area contributed by atoms with Crippen molar-refractivity contribution in [2.45, 2.75) is 13.3 Å². The predicted molar refractivity (Wildman–Crippen MR) is 123 cm³/mol. The number of pyridine rings is 1. The first kappa shape index (κ1) is 20.4. The van der Waals surface area contributed by atoms with Crippen LogP contribution in [0.1, 0.15) is 21.6 Å². The van der Waals surface area contributed by atoms with Gasteiger partial charge in [-0.3, -0.25) is 14.6 Å². The first-order valence-electron chi connectivity index (χ1n) is 9.71. The summed E-state index contributed by atoms with van der Waals surface area (Å²) < 4.78 is 0. The topological polar surface area (TPSA) is 84.0 Å². The molecule has 4 aromatic rings. The molecule has 0 radical (unpaired) electrons. The second-order valence-corrected chi connectivity index (χ2v) is 7.81. The summed E-state index contributed by atoms with van der Waals surface area (Å²) in [4.78, 5) is 34.2. The lowest BCUT2D eigenvalue weighted by molar-refractivity contribution is -0.115. The third-order valence-corrected chi connectivity index (χ3v) is 5.41. The van der Waals surface area contributed by atoms with E-state index in [2.05, 4.69) is 20.6 Å². The van der Waals surface area contributed by atoms with Crippen molar-refractivity contribution in [1.29, 1.82) is 0 Å². The van der Waals surface area contributed by atoms with Crippen LogP contribution in [0.15, 0.2) is 78.3 Å². The Labute approximate surface area is 184 Å². The molecule has 2 N–H and O–H groups in total. The van der Waals surface area contributed by atoms with Gasteiger partial charge in [0.05, 0.1) is 29.1 Å². The molecule has 2 aromatic carbocycles. The average Bonchev–Trinajstić information content (AvgIpc) is 3.23. The number of aryl methyl sites for hydroxylation is 1. The zero-order valence-electron chi connectivity index (χ0n) is 16.8. The highest BCUT2D eigenvalue weighted by molar-refractivity contribution is 7.13. The summed E-state index contributed by atoms with van der Waals surface area (Å²) >= 11 is 1.44. The number of amides is 2. The Morgan fingerprint density at radius 1 is 0.968 bits per heavy atom. The number of nitrogens with zero attached hydrogens (tertiary/aromatic N) is 2. The van der Waals surface area contributed by atoms with Gasteiger partial charge in [-0.05, 0) is 48.9 Å². The molecule has 7 heteroatoms. The lowest BCUT2D eigenvalue weighted by Gasteiger charge is -2.11. The zero-order chi connectivity index (χ0) is 21.6. The molecular weight excluding hydrogens is 408 g/mol. The largest absolute Gasteiger partial charge is 0.325 e. The van der Waals surface area contributed by atoms with Gasteiger partial charge in [0.1, 0.15) is 5.01 Å². The minimum Gasteiger partial charge on any atom is -0.325 e. The molecule has 31 heavy (non-hydrogen) atoms. The number of aromatic nitrogens is 2. The molecule has 6 nitrogen and oxygen atoms in total. The highest BCUT2D eigenvalue weighted by atomic mass is 32.1. The third kappa shape index (κ3) is 5.21. The number of thiazole rings is 1. The Morgan fingerprint density at radius 2 is 1.81 bits per heavy atom. The quantitative estimate of drug-likeness (QED) is 0.455. The van der Waals surface area contributed by atoms with Crippen molar-refractivity contribution in [1.82, 2.24) is 9.97 Å². The minimum atomic E-state index is -0.285. The molecule has 0 fully saturated rings. The van der Waals surface area contributed by atoms with Gasteiger partial charge >= 0.3 is 0 Å². The van der Waals surface area contributed by atoms with E-state index in [0.29, 0.717) is 22.6 Å². The van der Waals surface area contributed by atoms with Gasteiger partial charge in [-0.2, -0.15) is 0 Å². The summed E-state index contributed by atoms with van der Waals surface area (Å²) in [6.45, 7) is 1.96. The van der Waals surface area contributed by atoms with Crippen molar-refractivity contribution in [3.05, 3.63) is 95.1 Å².